The van der Waals surface area contributed by atoms with Crippen molar-refractivity contribution in [3.8, 4) is 5.75 Å². The number of benzene rings is 2. The average molecular weight is 240 g/mol. The van der Waals surface area contributed by atoms with E-state index in [0.717, 1.165) is 12.4 Å². The molecule has 0 heterocycles. The highest BCUT2D eigenvalue weighted by Gasteiger charge is 2.16. The van der Waals surface area contributed by atoms with E-state index in [1.54, 1.807) is 0 Å². The molecule has 0 aliphatic heterocycles. The molecule has 0 saturated heterocycles. The molecule has 0 aromatic heterocycles. The highest BCUT2D eigenvalue weighted by Crippen LogP contribution is 2.25. The van der Waals surface area contributed by atoms with Crippen molar-refractivity contribution in [2.24, 2.45) is 5.92 Å². The van der Waals surface area contributed by atoms with E-state index in [0.29, 0.717) is 11.8 Å². The van der Waals surface area contributed by atoms with Gasteiger partial charge in [-0.05, 0) is 23.6 Å². The SMILES string of the molecule is CC(C)C(COc1ccccc1)c1ccccc1. The van der Waals surface area contributed by atoms with Gasteiger partial charge in [0.2, 0.25) is 0 Å². The van der Waals surface area contributed by atoms with Crippen LogP contribution in [0.25, 0.3) is 0 Å². The Labute approximate surface area is 109 Å². The molecule has 94 valence electrons. The van der Waals surface area contributed by atoms with E-state index in [-0.39, 0.29) is 0 Å². The summed E-state index contributed by atoms with van der Waals surface area (Å²) in [6, 6.07) is 20.6. The second-order valence-corrected chi connectivity index (χ2v) is 4.89. The van der Waals surface area contributed by atoms with Crippen molar-refractivity contribution in [1.29, 1.82) is 0 Å². The van der Waals surface area contributed by atoms with Gasteiger partial charge in [-0.1, -0.05) is 62.4 Å². The predicted molar refractivity (Wildman–Crippen MR) is 76.0 cm³/mol. The smallest absolute Gasteiger partial charge is 0.119 e. The first kappa shape index (κ1) is 12.7. The van der Waals surface area contributed by atoms with Crippen molar-refractivity contribution < 1.29 is 4.74 Å². The van der Waals surface area contributed by atoms with Crippen LogP contribution in [-0.4, -0.2) is 6.61 Å². The third-order valence-electron chi connectivity index (χ3n) is 3.21. The molecule has 1 unspecified atom stereocenters. The standard InChI is InChI=1S/C17H20O/c1-14(2)17(15-9-5-3-6-10-15)13-18-16-11-7-4-8-12-16/h3-12,14,17H,13H2,1-2H3. The molecule has 1 nitrogen and oxygen atoms in total. The van der Waals surface area contributed by atoms with Gasteiger partial charge in [-0.25, -0.2) is 0 Å². The van der Waals surface area contributed by atoms with Gasteiger partial charge < -0.3 is 4.74 Å². The minimum absolute atomic E-state index is 0.436. The zero-order valence-corrected chi connectivity index (χ0v) is 11.0. The van der Waals surface area contributed by atoms with Gasteiger partial charge in [-0.2, -0.15) is 0 Å². The van der Waals surface area contributed by atoms with Crippen molar-refractivity contribution in [3.63, 3.8) is 0 Å². The Kier molecular flexibility index (Phi) is 4.40. The van der Waals surface area contributed by atoms with Crippen LogP contribution in [0.3, 0.4) is 0 Å². The third kappa shape index (κ3) is 3.36. The highest BCUT2D eigenvalue weighted by molar-refractivity contribution is 5.23. The van der Waals surface area contributed by atoms with Gasteiger partial charge in [0.1, 0.15) is 5.75 Å². The van der Waals surface area contributed by atoms with Crippen molar-refractivity contribution in [2.75, 3.05) is 6.61 Å². The Balaban J connectivity index is 2.04. The zero-order chi connectivity index (χ0) is 12.8. The van der Waals surface area contributed by atoms with Gasteiger partial charge in [0.15, 0.2) is 0 Å². The summed E-state index contributed by atoms with van der Waals surface area (Å²) < 4.78 is 5.88. The summed E-state index contributed by atoms with van der Waals surface area (Å²) in [5.41, 5.74) is 1.35. The maximum absolute atomic E-state index is 5.88. The van der Waals surface area contributed by atoms with Gasteiger partial charge >= 0.3 is 0 Å². The molecule has 0 saturated carbocycles. The van der Waals surface area contributed by atoms with Crippen LogP contribution in [-0.2, 0) is 0 Å². The Morgan fingerprint density at radius 1 is 0.833 bits per heavy atom. The number of para-hydroxylation sites is 1. The number of rotatable bonds is 5. The molecule has 0 N–H and O–H groups in total. The van der Waals surface area contributed by atoms with Gasteiger partial charge in [-0.15, -0.1) is 0 Å². The van der Waals surface area contributed by atoms with Crippen molar-refractivity contribution in [3.05, 3.63) is 66.2 Å². The molecular weight excluding hydrogens is 220 g/mol. The van der Waals surface area contributed by atoms with Crippen molar-refractivity contribution in [1.82, 2.24) is 0 Å². The molecule has 2 aromatic carbocycles. The summed E-state index contributed by atoms with van der Waals surface area (Å²) in [7, 11) is 0. The third-order valence-corrected chi connectivity index (χ3v) is 3.21. The molecule has 1 heteroatoms. The molecule has 0 aliphatic rings. The maximum atomic E-state index is 5.88. The molecule has 0 bridgehead atoms. The van der Waals surface area contributed by atoms with Gasteiger partial charge in [0.25, 0.3) is 0 Å². The quantitative estimate of drug-likeness (QED) is 0.747. The fraction of sp³-hybridized carbons (Fsp3) is 0.294. The lowest BCUT2D eigenvalue weighted by molar-refractivity contribution is 0.258. The monoisotopic (exact) mass is 240 g/mol. The molecule has 0 amide bonds. The van der Waals surface area contributed by atoms with E-state index >= 15 is 0 Å². The average Bonchev–Trinajstić information content (AvgIpc) is 2.41. The van der Waals surface area contributed by atoms with Crippen LogP contribution < -0.4 is 4.74 Å². The van der Waals surface area contributed by atoms with Crippen LogP contribution in [0.4, 0.5) is 0 Å². The van der Waals surface area contributed by atoms with E-state index in [9.17, 15) is 0 Å². The van der Waals surface area contributed by atoms with E-state index in [1.807, 2.05) is 30.3 Å². The van der Waals surface area contributed by atoms with E-state index in [4.69, 9.17) is 4.74 Å². The molecule has 18 heavy (non-hydrogen) atoms. The number of ether oxygens (including phenoxy) is 1. The Bertz CT molecular complexity index is 448. The molecule has 0 aliphatic carbocycles. The Morgan fingerprint density at radius 2 is 1.39 bits per heavy atom. The number of hydrogen-bond donors (Lipinski definition) is 0. The molecule has 2 rings (SSSR count). The minimum atomic E-state index is 0.436. The molecule has 0 spiro atoms. The fourth-order valence-corrected chi connectivity index (χ4v) is 2.08. The lowest BCUT2D eigenvalue weighted by atomic mass is 9.89. The van der Waals surface area contributed by atoms with E-state index in [2.05, 4.69) is 44.2 Å². The first-order valence-electron chi connectivity index (χ1n) is 6.50. The molecule has 0 radical (unpaired) electrons. The molecule has 1 atom stereocenters. The van der Waals surface area contributed by atoms with Gasteiger partial charge in [0, 0.05) is 5.92 Å². The second kappa shape index (κ2) is 6.25. The largest absolute Gasteiger partial charge is 0.493 e. The van der Waals surface area contributed by atoms with Crippen LogP contribution in [0, 0.1) is 5.92 Å². The Morgan fingerprint density at radius 3 is 1.94 bits per heavy atom. The fourth-order valence-electron chi connectivity index (χ4n) is 2.08. The Hall–Kier alpha value is -1.76. The van der Waals surface area contributed by atoms with E-state index in [1.165, 1.54) is 5.56 Å². The van der Waals surface area contributed by atoms with Crippen LogP contribution in [0.2, 0.25) is 0 Å². The summed E-state index contributed by atoms with van der Waals surface area (Å²) >= 11 is 0. The van der Waals surface area contributed by atoms with Crippen molar-refractivity contribution in [2.45, 2.75) is 19.8 Å². The maximum Gasteiger partial charge on any atom is 0.119 e. The van der Waals surface area contributed by atoms with E-state index < -0.39 is 0 Å². The molecule has 0 fully saturated rings. The summed E-state index contributed by atoms with van der Waals surface area (Å²) in [4.78, 5) is 0. The number of hydrogen-bond acceptors (Lipinski definition) is 1. The topological polar surface area (TPSA) is 9.23 Å². The second-order valence-electron chi connectivity index (χ2n) is 4.89. The predicted octanol–water partition coefficient (Wildman–Crippen LogP) is 4.51. The molecule has 2 aromatic rings. The van der Waals surface area contributed by atoms with Gasteiger partial charge in [0.05, 0.1) is 6.61 Å². The summed E-state index contributed by atoms with van der Waals surface area (Å²) in [6.45, 7) is 5.21. The first-order chi connectivity index (χ1) is 8.77. The lowest BCUT2D eigenvalue weighted by Gasteiger charge is -2.21. The molecular formula is C17H20O. The minimum Gasteiger partial charge on any atom is -0.493 e. The van der Waals surface area contributed by atoms with Crippen LogP contribution in [0.5, 0.6) is 5.75 Å². The first-order valence-corrected chi connectivity index (χ1v) is 6.50. The van der Waals surface area contributed by atoms with Crippen LogP contribution in [0.1, 0.15) is 25.3 Å². The van der Waals surface area contributed by atoms with Gasteiger partial charge in [-0.3, -0.25) is 0 Å². The van der Waals surface area contributed by atoms with Crippen LogP contribution >= 0.6 is 0 Å². The lowest BCUT2D eigenvalue weighted by Crippen LogP contribution is -2.15. The zero-order valence-electron chi connectivity index (χ0n) is 11.0. The summed E-state index contributed by atoms with van der Waals surface area (Å²) in [5, 5.41) is 0. The van der Waals surface area contributed by atoms with Crippen LogP contribution in [0.15, 0.2) is 60.7 Å². The van der Waals surface area contributed by atoms with Crippen molar-refractivity contribution >= 4 is 0 Å². The highest BCUT2D eigenvalue weighted by atomic mass is 16.5. The summed E-state index contributed by atoms with van der Waals surface area (Å²) in [5.74, 6) is 1.95. The summed E-state index contributed by atoms with van der Waals surface area (Å²) in [6.07, 6.45) is 0. The normalized spacial score (nSPS) is 12.4.